The Morgan fingerprint density at radius 2 is 2.06 bits per heavy atom. The number of aromatic nitrogens is 2. The molecule has 2 aromatic rings. The van der Waals surface area contributed by atoms with Crippen LogP contribution in [-0.2, 0) is 0 Å². The molecule has 4 nitrogen and oxygen atoms in total. The molecule has 0 saturated heterocycles. The van der Waals surface area contributed by atoms with Crippen molar-refractivity contribution in [3.8, 4) is 0 Å². The van der Waals surface area contributed by atoms with Crippen LogP contribution in [-0.4, -0.2) is 20.6 Å². The van der Waals surface area contributed by atoms with Gasteiger partial charge in [0.25, 0.3) is 0 Å². The number of nitrogens with zero attached hydrogens (tertiary/aromatic N) is 2. The summed E-state index contributed by atoms with van der Waals surface area (Å²) in [5.74, 6) is -0.958. The van der Waals surface area contributed by atoms with Gasteiger partial charge in [-0.15, -0.1) is 0 Å². The lowest BCUT2D eigenvalue weighted by Gasteiger charge is -2.15. The molecule has 0 fully saturated rings. The smallest absolute Gasteiger partial charge is 0.354 e. The third-order valence-corrected chi connectivity index (χ3v) is 3.37. The van der Waals surface area contributed by atoms with Gasteiger partial charge in [0.15, 0.2) is 0 Å². The Hall–Kier alpha value is -1.37. The summed E-state index contributed by atoms with van der Waals surface area (Å²) in [6, 6.07) is 7.96. The Balaban J connectivity index is 2.36. The maximum atomic E-state index is 11.0. The third kappa shape index (κ3) is 2.49. The van der Waals surface area contributed by atoms with Crippen LogP contribution in [0.4, 0.5) is 0 Å². The highest BCUT2D eigenvalue weighted by molar-refractivity contribution is 14.1. The molecule has 0 radical (unpaired) electrons. The second-order valence-corrected chi connectivity index (χ2v) is 4.96. The summed E-state index contributed by atoms with van der Waals surface area (Å²) in [6.45, 7) is 1.95. The van der Waals surface area contributed by atoms with Crippen LogP contribution >= 0.6 is 22.6 Å². The number of carboxylic acids is 1. The highest BCUT2D eigenvalue weighted by Crippen LogP contribution is 2.20. The number of halogens is 1. The van der Waals surface area contributed by atoms with Gasteiger partial charge in [-0.25, -0.2) is 9.78 Å². The number of rotatable bonds is 3. The fourth-order valence-electron chi connectivity index (χ4n) is 1.68. The summed E-state index contributed by atoms with van der Waals surface area (Å²) < 4.78 is 2.81. The van der Waals surface area contributed by atoms with E-state index in [4.69, 9.17) is 5.11 Å². The predicted molar refractivity (Wildman–Crippen MR) is 72.2 cm³/mol. The molecular formula is C12H11IN2O2. The molecule has 88 valence electrons. The van der Waals surface area contributed by atoms with Crippen LogP contribution < -0.4 is 0 Å². The number of carboxylic acid groups (broad SMARTS) is 1. The zero-order chi connectivity index (χ0) is 12.4. The van der Waals surface area contributed by atoms with Gasteiger partial charge in [-0.2, -0.15) is 0 Å². The molecule has 1 aromatic carbocycles. The van der Waals surface area contributed by atoms with Gasteiger partial charge in [0, 0.05) is 3.57 Å². The van der Waals surface area contributed by atoms with E-state index in [2.05, 4.69) is 27.6 Å². The molecule has 0 unspecified atom stereocenters. The Kier molecular flexibility index (Phi) is 3.46. The summed E-state index contributed by atoms with van der Waals surface area (Å²) >= 11 is 2.24. The number of hydrogen-bond donors (Lipinski definition) is 1. The molecule has 17 heavy (non-hydrogen) atoms. The third-order valence-electron chi connectivity index (χ3n) is 2.65. The normalized spacial score (nSPS) is 12.4. The quantitative estimate of drug-likeness (QED) is 0.873. The minimum Gasteiger partial charge on any atom is -0.477 e. The molecule has 0 spiro atoms. The van der Waals surface area contributed by atoms with Crippen LogP contribution in [0.5, 0.6) is 0 Å². The monoisotopic (exact) mass is 342 g/mol. The molecule has 0 bridgehead atoms. The van der Waals surface area contributed by atoms with E-state index in [0.717, 1.165) is 9.13 Å². The molecule has 0 amide bonds. The average molecular weight is 342 g/mol. The van der Waals surface area contributed by atoms with E-state index in [-0.39, 0.29) is 11.7 Å². The molecule has 1 heterocycles. The van der Waals surface area contributed by atoms with Crippen LogP contribution in [0.15, 0.2) is 36.8 Å². The van der Waals surface area contributed by atoms with E-state index < -0.39 is 5.97 Å². The molecule has 0 saturated carbocycles. The number of carbonyl (C=O) groups is 1. The zero-order valence-corrected chi connectivity index (χ0v) is 11.3. The highest BCUT2D eigenvalue weighted by Gasteiger charge is 2.15. The van der Waals surface area contributed by atoms with Crippen molar-refractivity contribution in [2.45, 2.75) is 13.0 Å². The van der Waals surface area contributed by atoms with Crippen molar-refractivity contribution in [1.82, 2.24) is 9.55 Å². The van der Waals surface area contributed by atoms with Crippen LogP contribution in [0, 0.1) is 3.57 Å². The number of benzene rings is 1. The summed E-state index contributed by atoms with van der Waals surface area (Å²) in [6.07, 6.45) is 2.91. The summed E-state index contributed by atoms with van der Waals surface area (Å²) in [5.41, 5.74) is 1.27. The van der Waals surface area contributed by atoms with E-state index >= 15 is 0 Å². The minimum absolute atomic E-state index is 0.0411. The lowest BCUT2D eigenvalue weighted by atomic mass is 10.1. The van der Waals surface area contributed by atoms with Crippen LogP contribution in [0.2, 0.25) is 0 Å². The Bertz CT molecular complexity index is 534. The first-order valence-corrected chi connectivity index (χ1v) is 6.18. The van der Waals surface area contributed by atoms with Crippen molar-refractivity contribution in [2.24, 2.45) is 0 Å². The van der Waals surface area contributed by atoms with E-state index in [1.54, 1.807) is 10.9 Å². The highest BCUT2D eigenvalue weighted by atomic mass is 127. The molecule has 0 aliphatic carbocycles. The van der Waals surface area contributed by atoms with Gasteiger partial charge in [-0.05, 0) is 47.2 Å². The largest absolute Gasteiger partial charge is 0.477 e. The van der Waals surface area contributed by atoms with Gasteiger partial charge in [0.2, 0.25) is 0 Å². The van der Waals surface area contributed by atoms with Crippen LogP contribution in [0.1, 0.15) is 29.0 Å². The van der Waals surface area contributed by atoms with Crippen molar-refractivity contribution in [3.63, 3.8) is 0 Å². The second kappa shape index (κ2) is 4.87. The first-order valence-electron chi connectivity index (χ1n) is 5.10. The number of imidazole rings is 1. The molecule has 0 aliphatic heterocycles. The molecule has 0 aliphatic rings. The van der Waals surface area contributed by atoms with E-state index in [0.29, 0.717) is 0 Å². The van der Waals surface area contributed by atoms with E-state index in [1.807, 2.05) is 31.2 Å². The first-order chi connectivity index (χ1) is 8.09. The van der Waals surface area contributed by atoms with Gasteiger partial charge in [-0.3, -0.25) is 0 Å². The minimum atomic E-state index is -0.958. The van der Waals surface area contributed by atoms with Gasteiger partial charge >= 0.3 is 5.97 Å². The summed E-state index contributed by atoms with van der Waals surface area (Å²) in [7, 11) is 0. The Labute approximate surface area is 112 Å². The average Bonchev–Trinajstić information content (AvgIpc) is 2.78. The van der Waals surface area contributed by atoms with Gasteiger partial charge in [0.05, 0.1) is 18.6 Å². The number of hydrogen-bond acceptors (Lipinski definition) is 2. The first kappa shape index (κ1) is 12.1. The maximum absolute atomic E-state index is 11.0. The molecule has 5 heteroatoms. The molecule has 1 atom stereocenters. The van der Waals surface area contributed by atoms with Gasteiger partial charge in [-0.1, -0.05) is 12.1 Å². The maximum Gasteiger partial charge on any atom is 0.354 e. The van der Waals surface area contributed by atoms with Crippen molar-refractivity contribution in [2.75, 3.05) is 0 Å². The summed E-state index contributed by atoms with van der Waals surface area (Å²) in [4.78, 5) is 14.9. The zero-order valence-electron chi connectivity index (χ0n) is 9.17. The molecular weight excluding hydrogens is 331 g/mol. The number of aromatic carboxylic acids is 1. The van der Waals surface area contributed by atoms with Gasteiger partial charge in [0.1, 0.15) is 5.69 Å². The Morgan fingerprint density at radius 1 is 1.41 bits per heavy atom. The Morgan fingerprint density at radius 3 is 2.65 bits per heavy atom. The fourth-order valence-corrected chi connectivity index (χ4v) is 2.04. The topological polar surface area (TPSA) is 55.1 Å². The van der Waals surface area contributed by atoms with Crippen molar-refractivity contribution < 1.29 is 9.90 Å². The molecule has 1 aromatic heterocycles. The van der Waals surface area contributed by atoms with E-state index in [9.17, 15) is 4.79 Å². The lowest BCUT2D eigenvalue weighted by molar-refractivity contribution is 0.0684. The molecule has 1 N–H and O–H groups in total. The predicted octanol–water partition coefficient (Wildman–Crippen LogP) is 2.80. The SMILES string of the molecule is C[C@H](c1ccc(I)cc1)n1cncc1C(=O)O. The fraction of sp³-hybridized carbons (Fsp3) is 0.167. The van der Waals surface area contributed by atoms with E-state index in [1.165, 1.54) is 6.20 Å². The lowest BCUT2D eigenvalue weighted by Crippen LogP contribution is -2.12. The van der Waals surface area contributed by atoms with Crippen molar-refractivity contribution in [3.05, 3.63) is 51.6 Å². The van der Waals surface area contributed by atoms with Crippen LogP contribution in [0.3, 0.4) is 0 Å². The van der Waals surface area contributed by atoms with Crippen molar-refractivity contribution >= 4 is 28.6 Å². The standard InChI is InChI=1S/C12H11IN2O2/c1-8(9-2-4-10(13)5-3-9)15-7-14-6-11(15)12(16)17/h2-8H,1H3,(H,16,17)/t8-/m1/s1. The summed E-state index contributed by atoms with van der Waals surface area (Å²) in [5, 5.41) is 9.03. The van der Waals surface area contributed by atoms with Crippen LogP contribution in [0.25, 0.3) is 0 Å². The second-order valence-electron chi connectivity index (χ2n) is 3.72. The van der Waals surface area contributed by atoms with Crippen molar-refractivity contribution in [1.29, 1.82) is 0 Å². The molecule has 2 rings (SSSR count). The van der Waals surface area contributed by atoms with Gasteiger partial charge < -0.3 is 9.67 Å².